The van der Waals surface area contributed by atoms with Gasteiger partial charge in [-0.15, -0.1) is 0 Å². The number of amides is 1. The van der Waals surface area contributed by atoms with Crippen molar-refractivity contribution in [3.8, 4) is 0 Å². The van der Waals surface area contributed by atoms with E-state index in [0.717, 1.165) is 5.39 Å². The van der Waals surface area contributed by atoms with E-state index in [4.69, 9.17) is 0 Å². The summed E-state index contributed by atoms with van der Waals surface area (Å²) in [4.78, 5) is 20.1. The largest absolute Gasteiger partial charge is 0.281 e. The smallest absolute Gasteiger partial charge is 0.269 e. The van der Waals surface area contributed by atoms with E-state index >= 15 is 0 Å². The molecule has 7 nitrogen and oxygen atoms in total. The highest BCUT2D eigenvalue weighted by atomic mass is 16.2. The molecule has 0 aliphatic heterocycles. The minimum Gasteiger partial charge on any atom is -0.281 e. The highest BCUT2D eigenvalue weighted by Crippen LogP contribution is 2.16. The van der Waals surface area contributed by atoms with Gasteiger partial charge in [0, 0.05) is 12.6 Å². The number of anilines is 1. The second-order valence-corrected chi connectivity index (χ2v) is 4.17. The van der Waals surface area contributed by atoms with Gasteiger partial charge < -0.3 is 0 Å². The molecule has 2 heterocycles. The topological polar surface area (TPSA) is 84.7 Å². The molecule has 0 unspecified atom stereocenters. The third-order valence-corrected chi connectivity index (χ3v) is 2.86. The van der Waals surface area contributed by atoms with Gasteiger partial charge in [0.15, 0.2) is 11.5 Å². The molecule has 0 aliphatic carbocycles. The van der Waals surface area contributed by atoms with Gasteiger partial charge in [-0.3, -0.25) is 20.3 Å². The molecule has 20 heavy (non-hydrogen) atoms. The highest BCUT2D eigenvalue weighted by Gasteiger charge is 2.09. The Morgan fingerprint density at radius 1 is 1.20 bits per heavy atom. The van der Waals surface area contributed by atoms with Gasteiger partial charge in [0.2, 0.25) is 0 Å². The number of nitrogens with zero attached hydrogens (tertiary/aromatic N) is 4. The van der Waals surface area contributed by atoms with Gasteiger partial charge in [-0.1, -0.05) is 18.2 Å². The fraction of sp³-hybridized carbons (Fsp3) is 0.0769. The van der Waals surface area contributed by atoms with Gasteiger partial charge >= 0.3 is 0 Å². The van der Waals surface area contributed by atoms with Gasteiger partial charge in [-0.2, -0.15) is 5.10 Å². The highest BCUT2D eigenvalue weighted by molar-refractivity contribution is 5.95. The van der Waals surface area contributed by atoms with Gasteiger partial charge in [0.25, 0.3) is 5.91 Å². The maximum absolute atomic E-state index is 11.9. The number of fused-ring (bicyclic) bond motifs is 1. The normalized spacial score (nSPS) is 10.4. The molecule has 0 bridgehead atoms. The predicted octanol–water partition coefficient (Wildman–Crippen LogP) is 1.12. The van der Waals surface area contributed by atoms with E-state index < -0.39 is 0 Å². The maximum Gasteiger partial charge on any atom is 0.269 e. The molecule has 100 valence electrons. The van der Waals surface area contributed by atoms with Gasteiger partial charge in [-0.25, -0.2) is 9.97 Å². The number of carbonyl (C=O) groups excluding carboxylic acids is 1. The number of nitrogens with one attached hydrogen (secondary N) is 2. The number of carbonyl (C=O) groups is 1. The molecule has 3 aromatic rings. The Labute approximate surface area is 114 Å². The van der Waals surface area contributed by atoms with Crippen molar-refractivity contribution in [1.82, 2.24) is 25.2 Å². The Kier molecular flexibility index (Phi) is 3.00. The molecule has 0 aliphatic rings. The lowest BCUT2D eigenvalue weighted by molar-refractivity contribution is 0.0962. The maximum atomic E-state index is 11.9. The van der Waals surface area contributed by atoms with Crippen molar-refractivity contribution < 1.29 is 4.79 Å². The van der Waals surface area contributed by atoms with Crippen LogP contribution in [0.2, 0.25) is 0 Å². The summed E-state index contributed by atoms with van der Waals surface area (Å²) < 4.78 is 1.64. The van der Waals surface area contributed by atoms with E-state index in [0.29, 0.717) is 17.0 Å². The summed E-state index contributed by atoms with van der Waals surface area (Å²) in [6, 6.07) is 8.93. The summed E-state index contributed by atoms with van der Waals surface area (Å²) >= 11 is 0. The van der Waals surface area contributed by atoms with Crippen LogP contribution < -0.4 is 10.9 Å². The zero-order valence-electron chi connectivity index (χ0n) is 10.7. The van der Waals surface area contributed by atoms with E-state index in [1.54, 1.807) is 42.2 Å². The summed E-state index contributed by atoms with van der Waals surface area (Å²) in [7, 11) is 1.79. The van der Waals surface area contributed by atoms with E-state index in [9.17, 15) is 4.79 Å². The molecule has 0 saturated heterocycles. The first-order chi connectivity index (χ1) is 9.75. The van der Waals surface area contributed by atoms with Crippen LogP contribution >= 0.6 is 0 Å². The summed E-state index contributed by atoms with van der Waals surface area (Å²) in [6.45, 7) is 0. The predicted molar refractivity (Wildman–Crippen MR) is 73.8 cm³/mol. The third kappa shape index (κ3) is 2.16. The van der Waals surface area contributed by atoms with E-state index in [1.807, 2.05) is 6.07 Å². The molecule has 1 aromatic carbocycles. The van der Waals surface area contributed by atoms with Crippen LogP contribution in [-0.2, 0) is 7.05 Å². The summed E-state index contributed by atoms with van der Waals surface area (Å²) in [6.07, 6.45) is 3.06. The van der Waals surface area contributed by atoms with Crippen molar-refractivity contribution in [3.05, 3.63) is 48.4 Å². The average Bonchev–Trinajstić information content (AvgIpc) is 2.88. The van der Waals surface area contributed by atoms with Crippen molar-refractivity contribution in [1.29, 1.82) is 0 Å². The van der Waals surface area contributed by atoms with Crippen molar-refractivity contribution in [2.75, 3.05) is 5.43 Å². The Morgan fingerprint density at radius 2 is 2.00 bits per heavy atom. The van der Waals surface area contributed by atoms with Gasteiger partial charge in [0.05, 0.1) is 11.6 Å². The fourth-order valence-electron chi connectivity index (χ4n) is 1.84. The zero-order chi connectivity index (χ0) is 13.9. The van der Waals surface area contributed by atoms with Gasteiger partial charge in [0.1, 0.15) is 6.33 Å². The Bertz CT molecular complexity index is 752. The van der Waals surface area contributed by atoms with Crippen LogP contribution in [0.15, 0.2) is 42.9 Å². The summed E-state index contributed by atoms with van der Waals surface area (Å²) in [5, 5.41) is 4.84. The van der Waals surface area contributed by atoms with Crippen LogP contribution in [-0.4, -0.2) is 25.7 Å². The first kappa shape index (κ1) is 12.1. The summed E-state index contributed by atoms with van der Waals surface area (Å²) in [5.41, 5.74) is 6.65. The zero-order valence-corrected chi connectivity index (χ0v) is 10.7. The summed E-state index contributed by atoms with van der Waals surface area (Å²) in [5.74, 6) is 0.272. The van der Waals surface area contributed by atoms with E-state index in [1.165, 1.54) is 6.33 Å². The van der Waals surface area contributed by atoms with Crippen LogP contribution in [0.5, 0.6) is 0 Å². The molecule has 0 saturated carbocycles. The van der Waals surface area contributed by atoms with Crippen LogP contribution in [0.4, 0.5) is 5.82 Å². The Balaban J connectivity index is 1.79. The van der Waals surface area contributed by atoms with Crippen molar-refractivity contribution >= 4 is 22.8 Å². The standard InChI is InChI=1S/C13H12N6O/c1-19-12-10(7-16-19)11(14-8-15-12)17-18-13(20)9-5-3-2-4-6-9/h2-8H,1H3,(H,18,20)(H,14,15,17). The third-order valence-electron chi connectivity index (χ3n) is 2.86. The SMILES string of the molecule is Cn1ncc2c(NNC(=O)c3ccccc3)ncnc21. The Hall–Kier alpha value is -2.96. The van der Waals surface area contributed by atoms with Crippen LogP contribution in [0.25, 0.3) is 11.0 Å². The number of benzene rings is 1. The van der Waals surface area contributed by atoms with Gasteiger partial charge in [-0.05, 0) is 12.1 Å². The monoisotopic (exact) mass is 268 g/mol. The minimum atomic E-state index is -0.235. The first-order valence-electron chi connectivity index (χ1n) is 6.00. The number of hydrogen-bond donors (Lipinski definition) is 2. The molecular formula is C13H12N6O. The lowest BCUT2D eigenvalue weighted by Gasteiger charge is -2.08. The Morgan fingerprint density at radius 3 is 2.80 bits per heavy atom. The van der Waals surface area contributed by atoms with Crippen molar-refractivity contribution in [2.45, 2.75) is 0 Å². The first-order valence-corrected chi connectivity index (χ1v) is 6.00. The lowest BCUT2D eigenvalue weighted by atomic mass is 10.2. The van der Waals surface area contributed by atoms with Crippen molar-refractivity contribution in [3.63, 3.8) is 0 Å². The lowest BCUT2D eigenvalue weighted by Crippen LogP contribution is -2.29. The number of aromatic nitrogens is 4. The molecule has 0 radical (unpaired) electrons. The van der Waals surface area contributed by atoms with Crippen LogP contribution in [0.1, 0.15) is 10.4 Å². The molecular weight excluding hydrogens is 256 g/mol. The molecule has 2 N–H and O–H groups in total. The van der Waals surface area contributed by atoms with E-state index in [2.05, 4.69) is 25.9 Å². The second-order valence-electron chi connectivity index (χ2n) is 4.17. The fourth-order valence-corrected chi connectivity index (χ4v) is 1.84. The minimum absolute atomic E-state index is 0.235. The van der Waals surface area contributed by atoms with Crippen LogP contribution in [0, 0.1) is 0 Å². The molecule has 3 rings (SSSR count). The molecule has 0 atom stereocenters. The molecule has 1 amide bonds. The number of rotatable bonds is 3. The molecule has 0 spiro atoms. The molecule has 7 heteroatoms. The number of hydrogen-bond acceptors (Lipinski definition) is 5. The van der Waals surface area contributed by atoms with Crippen molar-refractivity contribution in [2.24, 2.45) is 7.05 Å². The molecule has 0 fully saturated rings. The number of hydrazine groups is 1. The van der Waals surface area contributed by atoms with Crippen LogP contribution in [0.3, 0.4) is 0 Å². The number of aryl methyl sites for hydroxylation is 1. The average molecular weight is 268 g/mol. The quantitative estimate of drug-likeness (QED) is 0.695. The molecule has 2 aromatic heterocycles. The van der Waals surface area contributed by atoms with E-state index in [-0.39, 0.29) is 5.91 Å². The second kappa shape index (κ2) is 4.96.